The van der Waals surface area contributed by atoms with Gasteiger partial charge in [0.15, 0.2) is 0 Å². The maximum absolute atomic E-state index is 11.7. The van der Waals surface area contributed by atoms with Crippen LogP contribution in [-0.4, -0.2) is 41.6 Å². The third-order valence-corrected chi connectivity index (χ3v) is 3.97. The molecule has 1 aliphatic rings. The molecule has 1 aromatic rings. The molecule has 0 spiro atoms. The van der Waals surface area contributed by atoms with Crippen LogP contribution in [0.5, 0.6) is 0 Å². The van der Waals surface area contributed by atoms with Gasteiger partial charge in [-0.2, -0.15) is 0 Å². The van der Waals surface area contributed by atoms with Gasteiger partial charge < -0.3 is 9.84 Å². The molecule has 0 bridgehead atoms. The fraction of sp³-hybridized carbons (Fsp3) is 0.529. The molecular formula is C17H23NO4. The van der Waals surface area contributed by atoms with E-state index in [9.17, 15) is 9.59 Å². The SMILES string of the molecule is CCCOC(=O)c1ccc(CN2CCC(C(=O)O)CC2)cc1. The minimum atomic E-state index is -0.686. The summed E-state index contributed by atoms with van der Waals surface area (Å²) in [7, 11) is 0. The summed E-state index contributed by atoms with van der Waals surface area (Å²) in [5, 5.41) is 9.00. The highest BCUT2D eigenvalue weighted by Crippen LogP contribution is 2.19. The molecule has 0 radical (unpaired) electrons. The topological polar surface area (TPSA) is 66.8 Å². The second-order valence-electron chi connectivity index (χ2n) is 5.72. The number of carboxylic acid groups (broad SMARTS) is 1. The normalized spacial score (nSPS) is 16.4. The number of hydrogen-bond acceptors (Lipinski definition) is 4. The van der Waals surface area contributed by atoms with E-state index in [1.807, 2.05) is 19.1 Å². The molecule has 5 nitrogen and oxygen atoms in total. The summed E-state index contributed by atoms with van der Waals surface area (Å²) in [6, 6.07) is 7.45. The molecule has 1 heterocycles. The van der Waals surface area contributed by atoms with Gasteiger partial charge in [0.05, 0.1) is 18.1 Å². The Kier molecular flexibility index (Phi) is 5.95. The zero-order chi connectivity index (χ0) is 15.9. The first kappa shape index (κ1) is 16.5. The molecule has 1 saturated heterocycles. The van der Waals surface area contributed by atoms with Crippen LogP contribution in [0.4, 0.5) is 0 Å². The molecule has 0 amide bonds. The average Bonchev–Trinajstić information content (AvgIpc) is 2.54. The molecule has 2 rings (SSSR count). The summed E-state index contributed by atoms with van der Waals surface area (Å²) < 4.78 is 5.10. The Balaban J connectivity index is 1.84. The first-order chi connectivity index (χ1) is 10.6. The molecule has 0 atom stereocenters. The second-order valence-corrected chi connectivity index (χ2v) is 5.72. The van der Waals surface area contributed by atoms with Crippen LogP contribution in [0.2, 0.25) is 0 Å². The fourth-order valence-corrected chi connectivity index (χ4v) is 2.62. The van der Waals surface area contributed by atoms with E-state index < -0.39 is 5.97 Å². The van der Waals surface area contributed by atoms with E-state index in [0.717, 1.165) is 31.6 Å². The minimum absolute atomic E-state index is 0.202. The van der Waals surface area contributed by atoms with E-state index >= 15 is 0 Å². The summed E-state index contributed by atoms with van der Waals surface area (Å²) in [6.07, 6.45) is 2.23. The zero-order valence-electron chi connectivity index (χ0n) is 13.0. The Morgan fingerprint density at radius 3 is 2.41 bits per heavy atom. The molecule has 0 aromatic heterocycles. The predicted molar refractivity (Wildman–Crippen MR) is 82.7 cm³/mol. The second kappa shape index (κ2) is 7.94. The number of carbonyl (C=O) groups excluding carboxylic acids is 1. The van der Waals surface area contributed by atoms with Gasteiger partial charge in [0.1, 0.15) is 0 Å². The summed E-state index contributed by atoms with van der Waals surface area (Å²) in [4.78, 5) is 24.9. The third-order valence-electron chi connectivity index (χ3n) is 3.97. The number of esters is 1. The lowest BCUT2D eigenvalue weighted by Gasteiger charge is -2.30. The van der Waals surface area contributed by atoms with Gasteiger partial charge in [-0.25, -0.2) is 4.79 Å². The highest BCUT2D eigenvalue weighted by molar-refractivity contribution is 5.89. The Morgan fingerprint density at radius 1 is 1.23 bits per heavy atom. The Bertz CT molecular complexity index is 504. The molecule has 1 aliphatic heterocycles. The molecule has 0 aliphatic carbocycles. The lowest BCUT2D eigenvalue weighted by atomic mass is 9.97. The molecule has 0 saturated carbocycles. The van der Waals surface area contributed by atoms with Gasteiger partial charge in [0.2, 0.25) is 0 Å². The van der Waals surface area contributed by atoms with Gasteiger partial charge in [-0.15, -0.1) is 0 Å². The average molecular weight is 305 g/mol. The van der Waals surface area contributed by atoms with Crippen molar-refractivity contribution in [1.29, 1.82) is 0 Å². The van der Waals surface area contributed by atoms with Crippen molar-refractivity contribution in [3.05, 3.63) is 35.4 Å². The third kappa shape index (κ3) is 4.56. The maximum atomic E-state index is 11.7. The van der Waals surface area contributed by atoms with Crippen molar-refractivity contribution < 1.29 is 19.4 Å². The van der Waals surface area contributed by atoms with Crippen molar-refractivity contribution in [3.63, 3.8) is 0 Å². The number of piperidine rings is 1. The van der Waals surface area contributed by atoms with E-state index in [-0.39, 0.29) is 11.9 Å². The van der Waals surface area contributed by atoms with Gasteiger partial charge in [-0.1, -0.05) is 19.1 Å². The number of ether oxygens (including phenoxy) is 1. The number of aliphatic carboxylic acids is 1. The molecule has 120 valence electrons. The van der Waals surface area contributed by atoms with Crippen molar-refractivity contribution in [2.45, 2.75) is 32.7 Å². The summed E-state index contributed by atoms with van der Waals surface area (Å²) in [5.74, 6) is -1.17. The Hall–Kier alpha value is -1.88. The standard InChI is InChI=1S/C17H23NO4/c1-2-11-22-17(21)15-5-3-13(4-6-15)12-18-9-7-14(8-10-18)16(19)20/h3-6,14H,2,7-12H2,1H3,(H,19,20). The van der Waals surface area contributed by atoms with Crippen LogP contribution in [-0.2, 0) is 16.1 Å². The lowest BCUT2D eigenvalue weighted by molar-refractivity contribution is -0.143. The molecule has 0 unspecified atom stereocenters. The van der Waals surface area contributed by atoms with Gasteiger partial charge in [0, 0.05) is 6.54 Å². The van der Waals surface area contributed by atoms with Crippen molar-refractivity contribution in [2.24, 2.45) is 5.92 Å². The number of carbonyl (C=O) groups is 2. The lowest BCUT2D eigenvalue weighted by Crippen LogP contribution is -2.35. The number of rotatable bonds is 6. The Labute approximate surface area is 130 Å². The van der Waals surface area contributed by atoms with Crippen LogP contribution >= 0.6 is 0 Å². The van der Waals surface area contributed by atoms with Crippen LogP contribution in [0.1, 0.15) is 42.1 Å². The Morgan fingerprint density at radius 2 is 1.86 bits per heavy atom. The van der Waals surface area contributed by atoms with Crippen molar-refractivity contribution >= 4 is 11.9 Å². The van der Waals surface area contributed by atoms with Gasteiger partial charge >= 0.3 is 11.9 Å². The van der Waals surface area contributed by atoms with E-state index in [0.29, 0.717) is 25.0 Å². The minimum Gasteiger partial charge on any atom is -0.481 e. The maximum Gasteiger partial charge on any atom is 0.338 e. The molecule has 1 N–H and O–H groups in total. The molecular weight excluding hydrogens is 282 g/mol. The van der Waals surface area contributed by atoms with E-state index in [1.54, 1.807) is 12.1 Å². The van der Waals surface area contributed by atoms with Crippen LogP contribution < -0.4 is 0 Å². The summed E-state index contributed by atoms with van der Waals surface area (Å²) in [6.45, 7) is 4.80. The smallest absolute Gasteiger partial charge is 0.338 e. The fourth-order valence-electron chi connectivity index (χ4n) is 2.62. The van der Waals surface area contributed by atoms with E-state index in [4.69, 9.17) is 9.84 Å². The first-order valence-corrected chi connectivity index (χ1v) is 7.81. The van der Waals surface area contributed by atoms with E-state index in [1.165, 1.54) is 0 Å². The number of benzene rings is 1. The summed E-state index contributed by atoms with van der Waals surface area (Å²) in [5.41, 5.74) is 1.70. The molecule has 5 heteroatoms. The largest absolute Gasteiger partial charge is 0.481 e. The predicted octanol–water partition coefficient (Wildman–Crippen LogP) is 2.55. The summed E-state index contributed by atoms with van der Waals surface area (Å²) >= 11 is 0. The first-order valence-electron chi connectivity index (χ1n) is 7.81. The molecule has 22 heavy (non-hydrogen) atoms. The van der Waals surface area contributed by atoms with Crippen LogP contribution in [0.25, 0.3) is 0 Å². The number of nitrogens with zero attached hydrogens (tertiary/aromatic N) is 1. The van der Waals surface area contributed by atoms with Gasteiger partial charge in [-0.05, 0) is 50.0 Å². The van der Waals surface area contributed by atoms with Gasteiger partial charge in [-0.3, -0.25) is 9.69 Å². The quantitative estimate of drug-likeness (QED) is 0.818. The number of likely N-dealkylation sites (tertiary alicyclic amines) is 1. The monoisotopic (exact) mass is 305 g/mol. The van der Waals surface area contributed by atoms with Crippen molar-refractivity contribution in [3.8, 4) is 0 Å². The van der Waals surface area contributed by atoms with Crippen molar-refractivity contribution in [2.75, 3.05) is 19.7 Å². The van der Waals surface area contributed by atoms with E-state index in [2.05, 4.69) is 4.90 Å². The van der Waals surface area contributed by atoms with Crippen LogP contribution in [0.15, 0.2) is 24.3 Å². The molecule has 1 fully saturated rings. The van der Waals surface area contributed by atoms with Gasteiger partial charge in [0.25, 0.3) is 0 Å². The zero-order valence-corrected chi connectivity index (χ0v) is 13.0. The highest BCUT2D eigenvalue weighted by atomic mass is 16.5. The highest BCUT2D eigenvalue weighted by Gasteiger charge is 2.24. The van der Waals surface area contributed by atoms with Crippen molar-refractivity contribution in [1.82, 2.24) is 4.90 Å². The van der Waals surface area contributed by atoms with Crippen LogP contribution in [0.3, 0.4) is 0 Å². The van der Waals surface area contributed by atoms with Crippen LogP contribution in [0, 0.1) is 5.92 Å². The number of hydrogen-bond donors (Lipinski definition) is 1. The number of carboxylic acids is 1. The molecule has 1 aromatic carbocycles.